The molecule has 0 unspecified atom stereocenters. The number of hydrogen-bond acceptors (Lipinski definition) is 2. The molecule has 0 saturated heterocycles. The zero-order chi connectivity index (χ0) is 9.47. The Kier molecular flexibility index (Phi) is 1.81. The zero-order valence-electron chi connectivity index (χ0n) is 8.09. The van der Waals surface area contributed by atoms with Crippen molar-refractivity contribution < 1.29 is 5.11 Å². The van der Waals surface area contributed by atoms with Gasteiger partial charge in [0.1, 0.15) is 0 Å². The number of rotatable bonds is 1. The summed E-state index contributed by atoms with van der Waals surface area (Å²) in [6.07, 6.45) is 1.07. The third-order valence-corrected chi connectivity index (χ3v) is 2.51. The highest BCUT2D eigenvalue weighted by Crippen LogP contribution is 2.33. The Morgan fingerprint density at radius 3 is 2.85 bits per heavy atom. The first kappa shape index (κ1) is 8.57. The van der Waals surface area contributed by atoms with Crippen molar-refractivity contribution in [2.75, 3.05) is 11.9 Å². The second-order valence-electron chi connectivity index (χ2n) is 4.08. The van der Waals surface area contributed by atoms with Gasteiger partial charge >= 0.3 is 0 Å². The molecule has 0 aliphatic carbocycles. The standard InChI is InChI=1S/C11H15NO/c1-11(2,13)9-5-3-4-8-6-7-12-10(8)9/h3-5,12-13H,6-7H2,1-2H3. The van der Waals surface area contributed by atoms with Crippen molar-refractivity contribution in [2.24, 2.45) is 0 Å². The molecule has 0 aromatic heterocycles. The van der Waals surface area contributed by atoms with Crippen molar-refractivity contribution in [1.29, 1.82) is 0 Å². The van der Waals surface area contributed by atoms with E-state index in [9.17, 15) is 5.11 Å². The van der Waals surface area contributed by atoms with Crippen molar-refractivity contribution in [3.05, 3.63) is 29.3 Å². The Morgan fingerprint density at radius 2 is 2.15 bits per heavy atom. The lowest BCUT2D eigenvalue weighted by molar-refractivity contribution is 0.0793. The molecule has 1 heterocycles. The molecular formula is C11H15NO. The summed E-state index contributed by atoms with van der Waals surface area (Å²) in [5.41, 5.74) is 2.71. The lowest BCUT2D eigenvalue weighted by atomic mass is 9.94. The van der Waals surface area contributed by atoms with Gasteiger partial charge in [0.25, 0.3) is 0 Å². The minimum Gasteiger partial charge on any atom is -0.386 e. The smallest absolute Gasteiger partial charge is 0.0860 e. The van der Waals surface area contributed by atoms with Crippen LogP contribution in [-0.4, -0.2) is 11.7 Å². The van der Waals surface area contributed by atoms with E-state index in [1.165, 1.54) is 5.56 Å². The number of para-hydroxylation sites is 1. The van der Waals surface area contributed by atoms with E-state index >= 15 is 0 Å². The fourth-order valence-corrected chi connectivity index (χ4v) is 1.85. The highest BCUT2D eigenvalue weighted by atomic mass is 16.3. The van der Waals surface area contributed by atoms with E-state index in [1.54, 1.807) is 0 Å². The lowest BCUT2D eigenvalue weighted by Crippen LogP contribution is -2.17. The van der Waals surface area contributed by atoms with E-state index in [-0.39, 0.29) is 0 Å². The van der Waals surface area contributed by atoms with Crippen LogP contribution in [0.2, 0.25) is 0 Å². The molecule has 2 rings (SSSR count). The predicted octanol–water partition coefficient (Wildman–Crippen LogP) is 1.88. The second kappa shape index (κ2) is 2.74. The fraction of sp³-hybridized carbons (Fsp3) is 0.455. The third kappa shape index (κ3) is 1.42. The Hall–Kier alpha value is -1.02. The molecule has 1 aliphatic heterocycles. The predicted molar refractivity (Wildman–Crippen MR) is 53.9 cm³/mol. The molecule has 1 aromatic rings. The Labute approximate surface area is 78.6 Å². The van der Waals surface area contributed by atoms with Gasteiger partial charge in [0.2, 0.25) is 0 Å². The Morgan fingerprint density at radius 1 is 1.38 bits per heavy atom. The molecule has 0 amide bonds. The number of aliphatic hydroxyl groups is 1. The van der Waals surface area contributed by atoms with E-state index < -0.39 is 5.60 Å². The molecule has 1 aliphatic rings. The summed E-state index contributed by atoms with van der Waals surface area (Å²) in [4.78, 5) is 0. The number of hydrogen-bond donors (Lipinski definition) is 2. The second-order valence-corrected chi connectivity index (χ2v) is 4.08. The SMILES string of the molecule is CC(C)(O)c1cccc2c1NCC2. The molecule has 0 saturated carbocycles. The van der Waals surface area contributed by atoms with E-state index in [0.717, 1.165) is 24.2 Å². The monoisotopic (exact) mass is 177 g/mol. The zero-order valence-corrected chi connectivity index (χ0v) is 8.09. The largest absolute Gasteiger partial charge is 0.386 e. The van der Waals surface area contributed by atoms with Crippen LogP contribution in [0.1, 0.15) is 25.0 Å². The highest BCUT2D eigenvalue weighted by molar-refractivity contribution is 5.62. The maximum atomic E-state index is 9.91. The van der Waals surface area contributed by atoms with Crippen LogP contribution in [0.4, 0.5) is 5.69 Å². The van der Waals surface area contributed by atoms with Gasteiger partial charge < -0.3 is 10.4 Å². The van der Waals surface area contributed by atoms with Crippen LogP contribution in [0.15, 0.2) is 18.2 Å². The van der Waals surface area contributed by atoms with Crippen LogP contribution in [0.5, 0.6) is 0 Å². The van der Waals surface area contributed by atoms with Crippen molar-refractivity contribution in [2.45, 2.75) is 25.9 Å². The fourth-order valence-electron chi connectivity index (χ4n) is 1.85. The van der Waals surface area contributed by atoms with Crippen LogP contribution in [0, 0.1) is 0 Å². The van der Waals surface area contributed by atoms with Crippen molar-refractivity contribution >= 4 is 5.69 Å². The Bertz CT molecular complexity index is 325. The molecule has 13 heavy (non-hydrogen) atoms. The topological polar surface area (TPSA) is 32.3 Å². The summed E-state index contributed by atoms with van der Waals surface area (Å²) in [5, 5.41) is 13.2. The van der Waals surface area contributed by atoms with Crippen LogP contribution < -0.4 is 5.32 Å². The van der Waals surface area contributed by atoms with Crippen LogP contribution in [-0.2, 0) is 12.0 Å². The number of nitrogens with one attached hydrogen (secondary N) is 1. The molecule has 0 fully saturated rings. The van der Waals surface area contributed by atoms with Crippen molar-refractivity contribution in [1.82, 2.24) is 0 Å². The summed E-state index contributed by atoms with van der Waals surface area (Å²) in [6.45, 7) is 4.63. The van der Waals surface area contributed by atoms with Crippen molar-refractivity contribution in [3.8, 4) is 0 Å². The summed E-state index contributed by atoms with van der Waals surface area (Å²) in [7, 11) is 0. The van der Waals surface area contributed by atoms with Gasteiger partial charge in [-0.15, -0.1) is 0 Å². The van der Waals surface area contributed by atoms with E-state index in [4.69, 9.17) is 0 Å². The summed E-state index contributed by atoms with van der Waals surface area (Å²) < 4.78 is 0. The molecule has 1 aromatic carbocycles. The molecule has 2 nitrogen and oxygen atoms in total. The summed E-state index contributed by atoms with van der Waals surface area (Å²) in [5.74, 6) is 0. The van der Waals surface area contributed by atoms with Gasteiger partial charge in [0, 0.05) is 17.8 Å². The van der Waals surface area contributed by atoms with E-state index in [0.29, 0.717) is 0 Å². The van der Waals surface area contributed by atoms with Gasteiger partial charge in [-0.05, 0) is 25.8 Å². The van der Waals surface area contributed by atoms with Crippen LogP contribution in [0.3, 0.4) is 0 Å². The van der Waals surface area contributed by atoms with E-state index in [2.05, 4.69) is 11.4 Å². The van der Waals surface area contributed by atoms with Gasteiger partial charge in [-0.25, -0.2) is 0 Å². The Balaban J connectivity index is 2.54. The minimum absolute atomic E-state index is 0.747. The van der Waals surface area contributed by atoms with Gasteiger partial charge in [0.05, 0.1) is 5.60 Å². The first-order valence-corrected chi connectivity index (χ1v) is 4.67. The molecule has 0 radical (unpaired) electrons. The van der Waals surface area contributed by atoms with E-state index in [1.807, 2.05) is 26.0 Å². The number of anilines is 1. The molecule has 2 heteroatoms. The molecule has 70 valence electrons. The van der Waals surface area contributed by atoms with Gasteiger partial charge in [-0.2, -0.15) is 0 Å². The maximum absolute atomic E-state index is 9.91. The average Bonchev–Trinajstić information content (AvgIpc) is 2.48. The highest BCUT2D eigenvalue weighted by Gasteiger charge is 2.23. The van der Waals surface area contributed by atoms with Gasteiger partial charge in [0.15, 0.2) is 0 Å². The van der Waals surface area contributed by atoms with Gasteiger partial charge in [-0.3, -0.25) is 0 Å². The molecule has 0 spiro atoms. The first-order valence-electron chi connectivity index (χ1n) is 4.67. The molecular weight excluding hydrogens is 162 g/mol. The number of benzene rings is 1. The van der Waals surface area contributed by atoms with Crippen molar-refractivity contribution in [3.63, 3.8) is 0 Å². The normalized spacial score (nSPS) is 15.3. The first-order chi connectivity index (χ1) is 6.09. The van der Waals surface area contributed by atoms with Crippen LogP contribution >= 0.6 is 0 Å². The maximum Gasteiger partial charge on any atom is 0.0860 e. The lowest BCUT2D eigenvalue weighted by Gasteiger charge is -2.21. The molecule has 2 N–H and O–H groups in total. The molecule has 0 atom stereocenters. The van der Waals surface area contributed by atoms with Gasteiger partial charge in [-0.1, -0.05) is 18.2 Å². The summed E-state index contributed by atoms with van der Waals surface area (Å²) >= 11 is 0. The summed E-state index contributed by atoms with van der Waals surface area (Å²) in [6, 6.07) is 6.11. The quantitative estimate of drug-likeness (QED) is 0.686. The number of fused-ring (bicyclic) bond motifs is 1. The minimum atomic E-state index is -0.747. The third-order valence-electron chi connectivity index (χ3n) is 2.51. The van der Waals surface area contributed by atoms with Crippen LogP contribution in [0.25, 0.3) is 0 Å². The molecule has 0 bridgehead atoms. The average molecular weight is 177 g/mol.